The number of carbonyl (C=O) groups excluding carboxylic acids is 1. The summed E-state index contributed by atoms with van der Waals surface area (Å²) >= 11 is 0. The van der Waals surface area contributed by atoms with Gasteiger partial charge in [-0.25, -0.2) is 0 Å². The molecule has 0 spiro atoms. The van der Waals surface area contributed by atoms with Gasteiger partial charge in [0, 0.05) is 12.7 Å². The zero-order valence-electron chi connectivity index (χ0n) is 16.6. The number of aromatic nitrogens is 1. The van der Waals surface area contributed by atoms with E-state index < -0.39 is 0 Å². The van der Waals surface area contributed by atoms with E-state index in [-0.39, 0.29) is 5.91 Å². The number of pyridine rings is 1. The lowest BCUT2D eigenvalue weighted by Gasteiger charge is -2.16. The van der Waals surface area contributed by atoms with E-state index in [1.165, 1.54) is 30.4 Å². The molecule has 29 heavy (non-hydrogen) atoms. The number of carbonyl (C=O) groups is 1. The molecule has 4 heteroatoms. The molecule has 1 amide bonds. The van der Waals surface area contributed by atoms with Crippen LogP contribution in [0.15, 0.2) is 66.9 Å². The third-order valence-electron chi connectivity index (χ3n) is 5.28. The number of hydrogen-bond donors (Lipinski definition) is 1. The highest BCUT2D eigenvalue weighted by atomic mass is 16.5. The molecule has 0 fully saturated rings. The smallest absolute Gasteiger partial charge is 0.224 e. The number of fused-ring (bicyclic) bond motifs is 1. The standard InChI is InChI=1S/C25H26N2O2/c28-25(16-19-11-12-21-7-1-2-8-22(21)14-19)27-17-20-6-5-10-24(15-20)29-18-23-9-3-4-13-26-23/h3-6,9-15H,1-2,7-8,16-18H2,(H,27,28). The molecule has 4 rings (SSSR count). The first-order chi connectivity index (χ1) is 14.3. The van der Waals surface area contributed by atoms with Crippen molar-refractivity contribution in [2.24, 2.45) is 0 Å². The van der Waals surface area contributed by atoms with Gasteiger partial charge in [0.15, 0.2) is 0 Å². The second-order valence-electron chi connectivity index (χ2n) is 7.52. The molecule has 148 valence electrons. The van der Waals surface area contributed by atoms with Gasteiger partial charge in [-0.3, -0.25) is 9.78 Å². The summed E-state index contributed by atoms with van der Waals surface area (Å²) in [4.78, 5) is 16.7. The number of rotatable bonds is 7. The third-order valence-corrected chi connectivity index (χ3v) is 5.28. The Hall–Kier alpha value is -3.14. The fourth-order valence-electron chi connectivity index (χ4n) is 3.73. The first-order valence-electron chi connectivity index (χ1n) is 10.3. The van der Waals surface area contributed by atoms with Gasteiger partial charge < -0.3 is 10.1 Å². The van der Waals surface area contributed by atoms with Gasteiger partial charge in [-0.2, -0.15) is 0 Å². The second kappa shape index (κ2) is 9.37. The van der Waals surface area contributed by atoms with Crippen molar-refractivity contribution in [3.05, 3.63) is 94.8 Å². The molecule has 1 aromatic heterocycles. The molecule has 1 N–H and O–H groups in total. The topological polar surface area (TPSA) is 51.2 Å². The Labute approximate surface area is 172 Å². The molecule has 0 aliphatic heterocycles. The number of nitrogens with one attached hydrogen (secondary N) is 1. The van der Waals surface area contributed by atoms with Gasteiger partial charge in [-0.15, -0.1) is 0 Å². The Kier molecular flexibility index (Phi) is 6.20. The van der Waals surface area contributed by atoms with Crippen LogP contribution in [0.3, 0.4) is 0 Å². The number of nitrogens with zero attached hydrogens (tertiary/aromatic N) is 1. The minimum absolute atomic E-state index is 0.0422. The fourth-order valence-corrected chi connectivity index (χ4v) is 3.73. The van der Waals surface area contributed by atoms with E-state index in [1.807, 2.05) is 42.5 Å². The van der Waals surface area contributed by atoms with Crippen LogP contribution in [0.1, 0.15) is 40.8 Å². The number of amides is 1. The van der Waals surface area contributed by atoms with Crippen molar-refractivity contribution in [3.63, 3.8) is 0 Å². The maximum absolute atomic E-state index is 12.4. The summed E-state index contributed by atoms with van der Waals surface area (Å²) in [6, 6.07) is 20.1. The molecule has 0 bridgehead atoms. The Morgan fingerprint density at radius 2 is 1.83 bits per heavy atom. The molecule has 0 saturated heterocycles. The molecule has 1 aliphatic rings. The molecule has 2 aromatic carbocycles. The minimum Gasteiger partial charge on any atom is -0.487 e. The zero-order chi connectivity index (χ0) is 19.9. The highest BCUT2D eigenvalue weighted by Crippen LogP contribution is 2.22. The average molecular weight is 386 g/mol. The summed E-state index contributed by atoms with van der Waals surface area (Å²) in [6.07, 6.45) is 7.01. The van der Waals surface area contributed by atoms with Gasteiger partial charge in [0.05, 0.1) is 12.1 Å². The second-order valence-corrected chi connectivity index (χ2v) is 7.52. The quantitative estimate of drug-likeness (QED) is 0.655. The number of ether oxygens (including phenoxy) is 1. The molecule has 1 aliphatic carbocycles. The van der Waals surface area contributed by atoms with Crippen molar-refractivity contribution in [2.45, 2.75) is 45.3 Å². The van der Waals surface area contributed by atoms with E-state index in [2.05, 4.69) is 28.5 Å². The predicted octanol–water partition coefficient (Wildman–Crippen LogP) is 4.40. The van der Waals surface area contributed by atoms with Crippen LogP contribution in [0.5, 0.6) is 5.75 Å². The van der Waals surface area contributed by atoms with Gasteiger partial charge in [-0.05, 0) is 72.2 Å². The van der Waals surface area contributed by atoms with Crippen molar-refractivity contribution < 1.29 is 9.53 Å². The van der Waals surface area contributed by atoms with Crippen LogP contribution in [0, 0.1) is 0 Å². The highest BCUT2D eigenvalue weighted by Gasteiger charge is 2.11. The van der Waals surface area contributed by atoms with E-state index in [0.717, 1.165) is 29.0 Å². The summed E-state index contributed by atoms with van der Waals surface area (Å²) in [7, 11) is 0. The van der Waals surface area contributed by atoms with Gasteiger partial charge in [0.1, 0.15) is 12.4 Å². The van der Waals surface area contributed by atoms with Gasteiger partial charge in [0.2, 0.25) is 5.91 Å². The Balaban J connectivity index is 1.29. The van der Waals surface area contributed by atoms with E-state index >= 15 is 0 Å². The number of hydrogen-bond acceptors (Lipinski definition) is 3. The summed E-state index contributed by atoms with van der Waals surface area (Å²) in [5.41, 5.74) is 5.86. The average Bonchev–Trinajstić information content (AvgIpc) is 2.77. The molecule has 1 heterocycles. The van der Waals surface area contributed by atoms with Crippen LogP contribution in [-0.2, 0) is 37.2 Å². The SMILES string of the molecule is O=C(Cc1ccc2c(c1)CCCC2)NCc1cccc(OCc2ccccn2)c1. The third kappa shape index (κ3) is 5.44. The lowest BCUT2D eigenvalue weighted by molar-refractivity contribution is -0.120. The summed E-state index contributed by atoms with van der Waals surface area (Å²) in [6.45, 7) is 0.916. The van der Waals surface area contributed by atoms with E-state index in [4.69, 9.17) is 4.74 Å². The maximum Gasteiger partial charge on any atom is 0.224 e. The van der Waals surface area contributed by atoms with Crippen LogP contribution in [0.25, 0.3) is 0 Å². The van der Waals surface area contributed by atoms with Gasteiger partial charge >= 0.3 is 0 Å². The van der Waals surface area contributed by atoms with Crippen molar-refractivity contribution in [1.29, 1.82) is 0 Å². The van der Waals surface area contributed by atoms with Crippen LogP contribution >= 0.6 is 0 Å². The molecule has 0 radical (unpaired) electrons. The fraction of sp³-hybridized carbons (Fsp3) is 0.280. The van der Waals surface area contributed by atoms with Crippen molar-refractivity contribution in [3.8, 4) is 5.75 Å². The Bertz CT molecular complexity index is 970. The summed E-state index contributed by atoms with van der Waals surface area (Å²) < 4.78 is 5.81. The monoisotopic (exact) mass is 386 g/mol. The molecule has 0 atom stereocenters. The number of aryl methyl sites for hydroxylation is 2. The molecular weight excluding hydrogens is 360 g/mol. The lowest BCUT2D eigenvalue weighted by atomic mass is 9.90. The van der Waals surface area contributed by atoms with E-state index in [9.17, 15) is 4.79 Å². The first-order valence-corrected chi connectivity index (χ1v) is 10.3. The molecular formula is C25H26N2O2. The van der Waals surface area contributed by atoms with Crippen LogP contribution < -0.4 is 10.1 Å². The summed E-state index contributed by atoms with van der Waals surface area (Å²) in [5, 5.41) is 3.02. The van der Waals surface area contributed by atoms with Crippen molar-refractivity contribution in [2.75, 3.05) is 0 Å². The van der Waals surface area contributed by atoms with Crippen molar-refractivity contribution in [1.82, 2.24) is 10.3 Å². The highest BCUT2D eigenvalue weighted by molar-refractivity contribution is 5.78. The van der Waals surface area contributed by atoms with Crippen LogP contribution in [-0.4, -0.2) is 10.9 Å². The van der Waals surface area contributed by atoms with Gasteiger partial charge in [0.25, 0.3) is 0 Å². The normalized spacial score (nSPS) is 12.8. The molecule has 0 unspecified atom stereocenters. The van der Waals surface area contributed by atoms with Gasteiger partial charge in [-0.1, -0.05) is 36.4 Å². The van der Waals surface area contributed by atoms with E-state index in [0.29, 0.717) is 19.6 Å². The predicted molar refractivity (Wildman–Crippen MR) is 114 cm³/mol. The molecule has 4 nitrogen and oxygen atoms in total. The largest absolute Gasteiger partial charge is 0.487 e. The van der Waals surface area contributed by atoms with E-state index in [1.54, 1.807) is 6.20 Å². The zero-order valence-corrected chi connectivity index (χ0v) is 16.6. The lowest BCUT2D eigenvalue weighted by Crippen LogP contribution is -2.24. The Morgan fingerprint density at radius 3 is 2.69 bits per heavy atom. The van der Waals surface area contributed by atoms with Crippen LogP contribution in [0.2, 0.25) is 0 Å². The first kappa shape index (κ1) is 19.2. The van der Waals surface area contributed by atoms with Crippen molar-refractivity contribution >= 4 is 5.91 Å². The Morgan fingerprint density at radius 1 is 0.931 bits per heavy atom. The molecule has 0 saturated carbocycles. The van der Waals surface area contributed by atoms with Crippen LogP contribution in [0.4, 0.5) is 0 Å². The number of benzene rings is 2. The maximum atomic E-state index is 12.4. The molecule has 3 aromatic rings. The summed E-state index contributed by atoms with van der Waals surface area (Å²) in [5.74, 6) is 0.817. The minimum atomic E-state index is 0.0422.